The van der Waals surface area contributed by atoms with Crippen molar-refractivity contribution in [2.75, 3.05) is 0 Å². The van der Waals surface area contributed by atoms with Gasteiger partial charge in [-0.1, -0.05) is 54.1 Å². The molecule has 6 nitrogen and oxygen atoms in total. The van der Waals surface area contributed by atoms with Crippen LogP contribution in [0, 0.1) is 13.8 Å². The number of rotatable bonds is 9. The Morgan fingerprint density at radius 3 is 2.61 bits per heavy atom. The molecule has 170 valence electrons. The van der Waals surface area contributed by atoms with Gasteiger partial charge in [0.15, 0.2) is 5.69 Å². The van der Waals surface area contributed by atoms with Crippen LogP contribution in [0.15, 0.2) is 82.0 Å². The molecule has 2 aromatic heterocycles. The van der Waals surface area contributed by atoms with Crippen molar-refractivity contribution in [2.24, 2.45) is 0 Å². The Balaban J connectivity index is 1.51. The predicted octanol–water partition coefficient (Wildman–Crippen LogP) is 5.58. The number of carbonyl (C=O) groups is 1. The number of carbonyl (C=O) groups excluding carboxylic acids is 1. The first-order chi connectivity index (χ1) is 16.0. The summed E-state index contributed by atoms with van der Waals surface area (Å²) in [6.45, 7) is 7.95. The molecule has 2 aromatic carbocycles. The van der Waals surface area contributed by atoms with Gasteiger partial charge in [0.05, 0.1) is 19.4 Å². The third kappa shape index (κ3) is 5.79. The number of nitrogens with one attached hydrogen (secondary N) is 1. The van der Waals surface area contributed by atoms with E-state index in [1.165, 1.54) is 28.5 Å². The van der Waals surface area contributed by atoms with Gasteiger partial charge in [0.1, 0.15) is 12.0 Å². The summed E-state index contributed by atoms with van der Waals surface area (Å²) < 4.78 is 10.9. The fourth-order valence-electron chi connectivity index (χ4n) is 3.79. The van der Waals surface area contributed by atoms with E-state index in [2.05, 4.69) is 78.4 Å². The van der Waals surface area contributed by atoms with E-state index in [4.69, 9.17) is 8.83 Å². The number of aromatic nitrogens is 1. The number of hydrogen-bond acceptors (Lipinski definition) is 5. The fraction of sp³-hybridized carbons (Fsp3) is 0.259. The summed E-state index contributed by atoms with van der Waals surface area (Å²) in [5, 5.41) is 2.80. The first-order valence-electron chi connectivity index (χ1n) is 11.1. The van der Waals surface area contributed by atoms with Crippen LogP contribution in [0.1, 0.15) is 57.4 Å². The van der Waals surface area contributed by atoms with Crippen LogP contribution in [0.5, 0.6) is 0 Å². The zero-order valence-electron chi connectivity index (χ0n) is 19.2. The second-order valence-corrected chi connectivity index (χ2v) is 8.31. The molecule has 1 atom stereocenters. The van der Waals surface area contributed by atoms with E-state index < -0.39 is 0 Å². The van der Waals surface area contributed by atoms with Gasteiger partial charge in [-0.2, -0.15) is 0 Å². The van der Waals surface area contributed by atoms with Crippen molar-refractivity contribution in [3.8, 4) is 0 Å². The lowest BCUT2D eigenvalue weighted by molar-refractivity contribution is 0.0943. The van der Waals surface area contributed by atoms with E-state index in [0.29, 0.717) is 24.7 Å². The van der Waals surface area contributed by atoms with Crippen molar-refractivity contribution in [1.29, 1.82) is 0 Å². The number of oxazole rings is 1. The summed E-state index contributed by atoms with van der Waals surface area (Å²) in [5.74, 6) is 0.897. The van der Waals surface area contributed by atoms with Crippen LogP contribution in [0.25, 0.3) is 0 Å². The molecule has 0 radical (unpaired) electrons. The number of aryl methyl sites for hydroxylation is 2. The van der Waals surface area contributed by atoms with Crippen molar-refractivity contribution >= 4 is 5.91 Å². The summed E-state index contributed by atoms with van der Waals surface area (Å²) in [7, 11) is 0. The van der Waals surface area contributed by atoms with Crippen LogP contribution in [-0.4, -0.2) is 15.8 Å². The lowest BCUT2D eigenvalue weighted by Gasteiger charge is -2.29. The third-order valence-corrected chi connectivity index (χ3v) is 5.83. The Labute approximate surface area is 194 Å². The summed E-state index contributed by atoms with van der Waals surface area (Å²) in [6.07, 6.45) is 2.99. The number of hydrogen-bond donors (Lipinski definition) is 1. The van der Waals surface area contributed by atoms with Gasteiger partial charge in [-0.25, -0.2) is 4.98 Å². The van der Waals surface area contributed by atoms with E-state index in [-0.39, 0.29) is 17.6 Å². The molecule has 33 heavy (non-hydrogen) atoms. The SMILES string of the molecule is Cc1ccc(C)c(CN(Cc2nc(C(=O)NCc3ccco3)co2)[C@@H](C)c2ccccc2)c1. The highest BCUT2D eigenvalue weighted by molar-refractivity contribution is 5.91. The average molecular weight is 444 g/mol. The molecule has 0 aliphatic rings. The maximum atomic E-state index is 12.5. The van der Waals surface area contributed by atoms with E-state index in [0.717, 1.165) is 6.54 Å². The highest BCUT2D eigenvalue weighted by atomic mass is 16.3. The lowest BCUT2D eigenvalue weighted by atomic mass is 10.0. The Kier molecular flexibility index (Phi) is 7.05. The Morgan fingerprint density at radius 2 is 1.85 bits per heavy atom. The minimum Gasteiger partial charge on any atom is -0.467 e. The minimum atomic E-state index is -0.293. The maximum Gasteiger partial charge on any atom is 0.273 e. The van der Waals surface area contributed by atoms with Gasteiger partial charge < -0.3 is 14.2 Å². The molecule has 6 heteroatoms. The summed E-state index contributed by atoms with van der Waals surface area (Å²) in [5.41, 5.74) is 5.22. The highest BCUT2D eigenvalue weighted by Gasteiger charge is 2.21. The Hall–Kier alpha value is -3.64. The smallest absolute Gasteiger partial charge is 0.273 e. The normalized spacial score (nSPS) is 12.1. The molecule has 1 N–H and O–H groups in total. The number of benzene rings is 2. The lowest BCUT2D eigenvalue weighted by Crippen LogP contribution is -2.27. The second-order valence-electron chi connectivity index (χ2n) is 8.31. The first-order valence-corrected chi connectivity index (χ1v) is 11.1. The van der Waals surface area contributed by atoms with Gasteiger partial charge in [-0.15, -0.1) is 0 Å². The van der Waals surface area contributed by atoms with Crippen molar-refractivity contribution < 1.29 is 13.6 Å². The average Bonchev–Trinajstić information content (AvgIpc) is 3.52. The van der Waals surface area contributed by atoms with Crippen molar-refractivity contribution in [3.63, 3.8) is 0 Å². The van der Waals surface area contributed by atoms with Gasteiger partial charge in [0, 0.05) is 12.6 Å². The molecule has 0 saturated heterocycles. The Bertz CT molecular complexity index is 1180. The molecule has 4 rings (SSSR count). The molecule has 0 aliphatic heterocycles. The van der Waals surface area contributed by atoms with Gasteiger partial charge in [0.25, 0.3) is 5.91 Å². The van der Waals surface area contributed by atoms with Gasteiger partial charge in [0.2, 0.25) is 5.89 Å². The van der Waals surface area contributed by atoms with Crippen LogP contribution < -0.4 is 5.32 Å². The van der Waals surface area contributed by atoms with Crippen molar-refractivity contribution in [3.05, 3.63) is 113 Å². The van der Waals surface area contributed by atoms with E-state index in [9.17, 15) is 4.79 Å². The molecule has 0 spiro atoms. The predicted molar refractivity (Wildman–Crippen MR) is 126 cm³/mol. The molecule has 0 bridgehead atoms. The zero-order valence-corrected chi connectivity index (χ0v) is 19.2. The van der Waals surface area contributed by atoms with Crippen LogP contribution >= 0.6 is 0 Å². The largest absolute Gasteiger partial charge is 0.467 e. The molecule has 0 saturated carbocycles. The molecule has 4 aromatic rings. The van der Waals surface area contributed by atoms with Gasteiger partial charge in [-0.05, 0) is 49.6 Å². The van der Waals surface area contributed by atoms with E-state index >= 15 is 0 Å². The van der Waals surface area contributed by atoms with Crippen LogP contribution in [0.4, 0.5) is 0 Å². The number of amides is 1. The number of furan rings is 1. The highest BCUT2D eigenvalue weighted by Crippen LogP contribution is 2.26. The standard InChI is InChI=1S/C27H29N3O3/c1-19-11-12-20(2)23(14-19)16-30(21(3)22-8-5-4-6-9-22)17-26-29-25(18-33-26)27(31)28-15-24-10-7-13-32-24/h4-14,18,21H,15-17H2,1-3H3,(H,28,31)/t21-/m0/s1. The third-order valence-electron chi connectivity index (χ3n) is 5.83. The summed E-state index contributed by atoms with van der Waals surface area (Å²) in [6, 6.07) is 20.6. The monoisotopic (exact) mass is 443 g/mol. The summed E-state index contributed by atoms with van der Waals surface area (Å²) in [4.78, 5) is 19.2. The zero-order chi connectivity index (χ0) is 23.2. The molecular weight excluding hydrogens is 414 g/mol. The molecular formula is C27H29N3O3. The fourth-order valence-corrected chi connectivity index (χ4v) is 3.79. The molecule has 0 fully saturated rings. The minimum absolute atomic E-state index is 0.134. The molecule has 2 heterocycles. The second kappa shape index (κ2) is 10.3. The summed E-state index contributed by atoms with van der Waals surface area (Å²) >= 11 is 0. The van der Waals surface area contributed by atoms with E-state index in [1.807, 2.05) is 12.1 Å². The maximum absolute atomic E-state index is 12.5. The molecule has 0 unspecified atom stereocenters. The quantitative estimate of drug-likeness (QED) is 0.366. The van der Waals surface area contributed by atoms with Crippen molar-refractivity contribution in [2.45, 2.75) is 46.4 Å². The number of nitrogens with zero attached hydrogens (tertiary/aromatic N) is 2. The molecule has 1 amide bonds. The van der Waals surface area contributed by atoms with Crippen LogP contribution in [0.2, 0.25) is 0 Å². The first kappa shape index (κ1) is 22.6. The molecule has 0 aliphatic carbocycles. The van der Waals surface area contributed by atoms with Gasteiger partial charge >= 0.3 is 0 Å². The Morgan fingerprint density at radius 1 is 1.03 bits per heavy atom. The van der Waals surface area contributed by atoms with Crippen molar-refractivity contribution in [1.82, 2.24) is 15.2 Å². The van der Waals surface area contributed by atoms with E-state index in [1.54, 1.807) is 12.3 Å². The topological polar surface area (TPSA) is 71.5 Å². The van der Waals surface area contributed by atoms with Gasteiger partial charge in [-0.3, -0.25) is 9.69 Å². The van der Waals surface area contributed by atoms with Crippen LogP contribution in [-0.2, 0) is 19.6 Å². The van der Waals surface area contributed by atoms with Crippen LogP contribution in [0.3, 0.4) is 0 Å².